The van der Waals surface area contributed by atoms with E-state index in [0.717, 1.165) is 28.6 Å². The number of Topliss-reactive ketones (excluding diaryl/α,β-unsaturated/α-hetero) is 1. The number of allylic oxidation sites excluding steroid dienone is 3. The standard InChI is InChI=1S/C25H21BrN4O2/c1-30-20-7-4-8-21(31)24(20)23(19(13-28)25(30)29)18-11-17(26)9-10-22(18)32-14-16-6-3-2-5-15(16)12-27/h2-3,5-6,9-11,23H,4,7-8,14,29H2,1H3/t23-/m0/s1. The third kappa shape index (κ3) is 3.77. The van der Waals surface area contributed by atoms with Crippen LogP contribution < -0.4 is 10.5 Å². The summed E-state index contributed by atoms with van der Waals surface area (Å²) in [4.78, 5) is 14.8. The van der Waals surface area contributed by atoms with Gasteiger partial charge in [-0.2, -0.15) is 10.5 Å². The van der Waals surface area contributed by atoms with Gasteiger partial charge in [-0.25, -0.2) is 0 Å². The van der Waals surface area contributed by atoms with Crippen molar-refractivity contribution in [2.45, 2.75) is 31.8 Å². The Morgan fingerprint density at radius 1 is 1.19 bits per heavy atom. The Labute approximate surface area is 195 Å². The van der Waals surface area contributed by atoms with Crippen molar-refractivity contribution in [3.63, 3.8) is 0 Å². The summed E-state index contributed by atoms with van der Waals surface area (Å²) in [5.74, 6) is 0.329. The van der Waals surface area contributed by atoms with Crippen molar-refractivity contribution in [3.05, 3.63) is 86.3 Å². The number of hydrogen-bond donors (Lipinski definition) is 1. The summed E-state index contributed by atoms with van der Waals surface area (Å²) in [6.45, 7) is 0.186. The monoisotopic (exact) mass is 488 g/mol. The van der Waals surface area contributed by atoms with Crippen LogP contribution in [-0.4, -0.2) is 17.7 Å². The maximum absolute atomic E-state index is 13.0. The Morgan fingerprint density at radius 2 is 1.97 bits per heavy atom. The van der Waals surface area contributed by atoms with Gasteiger partial charge in [-0.1, -0.05) is 34.1 Å². The minimum absolute atomic E-state index is 0.0316. The lowest BCUT2D eigenvalue weighted by atomic mass is 9.75. The molecule has 0 fully saturated rings. The van der Waals surface area contributed by atoms with Crippen molar-refractivity contribution < 1.29 is 9.53 Å². The zero-order chi connectivity index (χ0) is 22.8. The second kappa shape index (κ2) is 8.90. The van der Waals surface area contributed by atoms with E-state index in [4.69, 9.17) is 10.5 Å². The normalized spacial score (nSPS) is 18.2. The number of carbonyl (C=O) groups is 1. The van der Waals surface area contributed by atoms with Gasteiger partial charge >= 0.3 is 0 Å². The second-order valence-corrected chi connectivity index (χ2v) is 8.70. The molecule has 6 nitrogen and oxygen atoms in total. The summed E-state index contributed by atoms with van der Waals surface area (Å²) in [5.41, 5.74) is 10.2. The molecule has 0 unspecified atom stereocenters. The number of halogens is 1. The van der Waals surface area contributed by atoms with E-state index >= 15 is 0 Å². The minimum atomic E-state index is -0.599. The Balaban J connectivity index is 1.82. The maximum atomic E-state index is 13.0. The summed E-state index contributed by atoms with van der Waals surface area (Å²) in [6, 6.07) is 17.2. The van der Waals surface area contributed by atoms with Crippen molar-refractivity contribution in [1.82, 2.24) is 4.90 Å². The van der Waals surface area contributed by atoms with Crippen LogP contribution in [0.4, 0.5) is 0 Å². The maximum Gasteiger partial charge on any atom is 0.161 e. The van der Waals surface area contributed by atoms with E-state index in [-0.39, 0.29) is 12.4 Å². The van der Waals surface area contributed by atoms with Crippen LogP contribution in [0.5, 0.6) is 5.75 Å². The van der Waals surface area contributed by atoms with Crippen molar-refractivity contribution in [1.29, 1.82) is 10.5 Å². The number of nitrogens with zero attached hydrogens (tertiary/aromatic N) is 3. The highest BCUT2D eigenvalue weighted by molar-refractivity contribution is 9.10. The first-order chi connectivity index (χ1) is 15.5. The predicted molar refractivity (Wildman–Crippen MR) is 123 cm³/mol. The first-order valence-electron chi connectivity index (χ1n) is 10.3. The molecule has 1 heterocycles. The van der Waals surface area contributed by atoms with Gasteiger partial charge in [-0.05, 0) is 37.1 Å². The average molecular weight is 489 g/mol. The number of ether oxygens (including phenoxy) is 1. The van der Waals surface area contributed by atoms with Crippen molar-refractivity contribution in [2.75, 3.05) is 7.05 Å². The lowest BCUT2D eigenvalue weighted by Crippen LogP contribution is -2.36. The molecule has 2 aliphatic rings. The smallest absolute Gasteiger partial charge is 0.161 e. The first-order valence-corrected chi connectivity index (χ1v) is 11.1. The van der Waals surface area contributed by atoms with E-state index in [9.17, 15) is 15.3 Å². The first kappa shape index (κ1) is 21.7. The molecular formula is C25H21BrN4O2. The SMILES string of the molecule is CN1C(N)=C(C#N)[C@H](c2cc(Br)ccc2OCc2ccccc2C#N)C2=C1CCCC2=O. The van der Waals surface area contributed by atoms with Crippen molar-refractivity contribution in [2.24, 2.45) is 5.73 Å². The van der Waals surface area contributed by atoms with E-state index in [0.29, 0.717) is 40.3 Å². The van der Waals surface area contributed by atoms with E-state index in [1.54, 1.807) is 24.1 Å². The van der Waals surface area contributed by atoms with Gasteiger partial charge < -0.3 is 15.4 Å². The summed E-state index contributed by atoms with van der Waals surface area (Å²) in [6.07, 6.45) is 1.94. The van der Waals surface area contributed by atoms with Crippen LogP contribution in [0.3, 0.4) is 0 Å². The Hall–Kier alpha value is -3.55. The van der Waals surface area contributed by atoms with E-state index in [1.807, 2.05) is 30.3 Å². The van der Waals surface area contributed by atoms with Gasteiger partial charge in [0.2, 0.25) is 0 Å². The molecule has 0 bridgehead atoms. The molecule has 0 radical (unpaired) electrons. The molecule has 32 heavy (non-hydrogen) atoms. The Kier molecular flexibility index (Phi) is 6.03. The predicted octanol–water partition coefficient (Wildman–Crippen LogP) is 4.63. The minimum Gasteiger partial charge on any atom is -0.489 e. The van der Waals surface area contributed by atoms with Gasteiger partial charge in [0, 0.05) is 40.3 Å². The molecule has 0 aromatic heterocycles. The molecule has 0 amide bonds. The van der Waals surface area contributed by atoms with E-state index in [2.05, 4.69) is 28.1 Å². The van der Waals surface area contributed by atoms with Gasteiger partial charge in [0.05, 0.1) is 29.2 Å². The topological polar surface area (TPSA) is 103 Å². The van der Waals surface area contributed by atoms with Crippen molar-refractivity contribution in [3.8, 4) is 17.9 Å². The third-order valence-electron chi connectivity index (χ3n) is 5.97. The van der Waals surface area contributed by atoms with Crippen LogP contribution in [0.2, 0.25) is 0 Å². The van der Waals surface area contributed by atoms with Gasteiger partial charge in [0.15, 0.2) is 5.78 Å². The van der Waals surface area contributed by atoms with Crippen LogP contribution in [0.15, 0.2) is 69.6 Å². The lowest BCUT2D eigenvalue weighted by Gasteiger charge is -2.38. The molecule has 1 atom stereocenters. The molecular weight excluding hydrogens is 468 g/mol. The highest BCUT2D eigenvalue weighted by Crippen LogP contribution is 2.47. The number of benzene rings is 2. The Morgan fingerprint density at radius 3 is 2.72 bits per heavy atom. The molecule has 0 saturated carbocycles. The van der Waals surface area contributed by atoms with Crippen molar-refractivity contribution >= 4 is 21.7 Å². The summed E-state index contributed by atoms with van der Waals surface area (Å²) >= 11 is 3.51. The van der Waals surface area contributed by atoms with Gasteiger partial charge in [0.1, 0.15) is 18.2 Å². The number of hydrogen-bond acceptors (Lipinski definition) is 6. The average Bonchev–Trinajstić information content (AvgIpc) is 2.80. The summed E-state index contributed by atoms with van der Waals surface area (Å²) in [5, 5.41) is 19.4. The molecule has 4 rings (SSSR count). The molecule has 2 N–H and O–H groups in total. The molecule has 1 aliphatic carbocycles. The zero-order valence-corrected chi connectivity index (χ0v) is 19.1. The number of nitrogens with two attached hydrogens (primary N) is 1. The molecule has 160 valence electrons. The third-order valence-corrected chi connectivity index (χ3v) is 6.47. The molecule has 7 heteroatoms. The Bertz CT molecular complexity index is 1250. The zero-order valence-electron chi connectivity index (χ0n) is 17.6. The summed E-state index contributed by atoms with van der Waals surface area (Å²) < 4.78 is 6.95. The molecule has 1 aliphatic heterocycles. The van der Waals surface area contributed by atoms with E-state index in [1.165, 1.54) is 0 Å². The van der Waals surface area contributed by atoms with Crippen LogP contribution in [0.1, 0.15) is 41.9 Å². The van der Waals surface area contributed by atoms with Gasteiger partial charge in [-0.3, -0.25) is 4.79 Å². The van der Waals surface area contributed by atoms with Crippen LogP contribution in [0.25, 0.3) is 0 Å². The van der Waals surface area contributed by atoms with Crippen LogP contribution in [-0.2, 0) is 11.4 Å². The molecule has 0 saturated heterocycles. The molecule has 0 spiro atoms. The second-order valence-electron chi connectivity index (χ2n) is 7.78. The fourth-order valence-corrected chi connectivity index (χ4v) is 4.74. The highest BCUT2D eigenvalue weighted by atomic mass is 79.9. The van der Waals surface area contributed by atoms with Crippen LogP contribution in [0, 0.1) is 22.7 Å². The van der Waals surface area contributed by atoms with Gasteiger partial charge in [-0.15, -0.1) is 0 Å². The lowest BCUT2D eigenvalue weighted by molar-refractivity contribution is -0.116. The highest BCUT2D eigenvalue weighted by Gasteiger charge is 2.39. The fourth-order valence-electron chi connectivity index (χ4n) is 4.36. The molecule has 2 aromatic carbocycles. The number of carbonyl (C=O) groups excluding carboxylic acids is 1. The quantitative estimate of drug-likeness (QED) is 0.672. The largest absolute Gasteiger partial charge is 0.489 e. The van der Waals surface area contributed by atoms with Crippen LogP contribution >= 0.6 is 15.9 Å². The van der Waals surface area contributed by atoms with E-state index < -0.39 is 5.92 Å². The number of rotatable bonds is 4. The fraction of sp³-hybridized carbons (Fsp3) is 0.240. The summed E-state index contributed by atoms with van der Waals surface area (Å²) in [7, 11) is 1.80. The number of nitriles is 2. The van der Waals surface area contributed by atoms with Gasteiger partial charge in [0.25, 0.3) is 0 Å². The number of ketones is 1. The molecule has 2 aromatic rings.